The van der Waals surface area contributed by atoms with Crippen molar-refractivity contribution in [2.24, 2.45) is 0 Å². The highest BCUT2D eigenvalue weighted by Gasteiger charge is 2.07. The Hall–Kier alpha value is -3.10. The van der Waals surface area contributed by atoms with E-state index in [1.54, 1.807) is 6.07 Å². The molecule has 0 fully saturated rings. The van der Waals surface area contributed by atoms with Gasteiger partial charge in [0.15, 0.2) is 6.61 Å². The van der Waals surface area contributed by atoms with Crippen LogP contribution in [0.2, 0.25) is 10.0 Å². The van der Waals surface area contributed by atoms with E-state index in [1.807, 2.05) is 0 Å². The predicted molar refractivity (Wildman–Crippen MR) is 100 cm³/mol. The van der Waals surface area contributed by atoms with Crippen molar-refractivity contribution in [3.8, 4) is 5.75 Å². The highest BCUT2D eigenvalue weighted by Crippen LogP contribution is 2.27. The Morgan fingerprint density at radius 1 is 1.11 bits per heavy atom. The minimum atomic E-state index is -0.599. The zero-order valence-corrected chi connectivity index (χ0v) is 15.2. The van der Waals surface area contributed by atoms with Crippen molar-refractivity contribution < 1.29 is 19.2 Å². The third kappa shape index (κ3) is 6.61. The van der Waals surface area contributed by atoms with E-state index < -0.39 is 16.7 Å². The van der Waals surface area contributed by atoms with Crippen LogP contribution in [0.1, 0.15) is 5.56 Å². The Labute approximate surface area is 163 Å². The van der Waals surface area contributed by atoms with Gasteiger partial charge < -0.3 is 4.74 Å². The molecule has 0 atom stereocenters. The molecule has 0 unspecified atom stereocenters. The lowest BCUT2D eigenvalue weighted by atomic mass is 10.2. The van der Waals surface area contributed by atoms with E-state index in [-0.39, 0.29) is 23.1 Å². The van der Waals surface area contributed by atoms with Crippen LogP contribution in [-0.4, -0.2) is 23.3 Å². The van der Waals surface area contributed by atoms with Crippen LogP contribution in [0, 0.1) is 10.1 Å². The summed E-state index contributed by atoms with van der Waals surface area (Å²) >= 11 is 11.7. The fourth-order valence-corrected chi connectivity index (χ4v) is 2.29. The molecule has 0 aliphatic rings. The molecule has 2 N–H and O–H groups in total. The van der Waals surface area contributed by atoms with Crippen LogP contribution in [0.15, 0.2) is 48.5 Å². The average Bonchev–Trinajstić information content (AvgIpc) is 2.64. The first-order valence-corrected chi connectivity index (χ1v) is 8.20. The monoisotopic (exact) mass is 409 g/mol. The van der Waals surface area contributed by atoms with Gasteiger partial charge in [0.25, 0.3) is 17.5 Å². The molecule has 27 heavy (non-hydrogen) atoms. The van der Waals surface area contributed by atoms with Crippen molar-refractivity contribution in [3.63, 3.8) is 0 Å². The van der Waals surface area contributed by atoms with Gasteiger partial charge in [0.2, 0.25) is 0 Å². The number of hydrogen-bond acceptors (Lipinski definition) is 5. The Morgan fingerprint density at radius 3 is 2.44 bits per heavy atom. The molecule has 8 nitrogen and oxygen atoms in total. The number of nitrogens with one attached hydrogen (secondary N) is 2. The van der Waals surface area contributed by atoms with Crippen molar-refractivity contribution in [2.75, 3.05) is 6.61 Å². The minimum absolute atomic E-state index is 0.0512. The quantitative estimate of drug-likeness (QED) is 0.432. The van der Waals surface area contributed by atoms with E-state index in [9.17, 15) is 19.7 Å². The van der Waals surface area contributed by atoms with Gasteiger partial charge in [0.05, 0.1) is 9.95 Å². The Balaban J connectivity index is 1.77. The zero-order chi connectivity index (χ0) is 19.8. The molecule has 2 aromatic carbocycles. The molecular formula is C17H13Cl2N3O5. The van der Waals surface area contributed by atoms with Crippen molar-refractivity contribution in [3.05, 3.63) is 74.3 Å². The fourth-order valence-electron chi connectivity index (χ4n) is 1.82. The first kappa shape index (κ1) is 20.2. The van der Waals surface area contributed by atoms with Crippen LogP contribution < -0.4 is 15.6 Å². The molecule has 0 radical (unpaired) electrons. The number of carbonyl (C=O) groups excluding carboxylic acids is 2. The summed E-state index contributed by atoms with van der Waals surface area (Å²) in [5.41, 5.74) is 4.88. The lowest BCUT2D eigenvalue weighted by Crippen LogP contribution is -2.43. The summed E-state index contributed by atoms with van der Waals surface area (Å²) < 4.78 is 5.22. The zero-order valence-electron chi connectivity index (χ0n) is 13.6. The molecule has 0 aliphatic heterocycles. The number of carbonyl (C=O) groups is 2. The lowest BCUT2D eigenvalue weighted by Gasteiger charge is -2.09. The number of hydrogen-bond donors (Lipinski definition) is 2. The Bertz CT molecular complexity index is 885. The summed E-state index contributed by atoms with van der Waals surface area (Å²) in [5.74, 6) is -0.912. The fraction of sp³-hybridized carbons (Fsp3) is 0.0588. The molecule has 2 aromatic rings. The first-order valence-electron chi connectivity index (χ1n) is 7.44. The van der Waals surface area contributed by atoms with Crippen molar-refractivity contribution >= 4 is 46.8 Å². The van der Waals surface area contributed by atoms with Crippen LogP contribution in [0.4, 0.5) is 5.69 Å². The van der Waals surface area contributed by atoms with E-state index in [0.717, 1.165) is 0 Å². The smallest absolute Gasteiger partial charge is 0.276 e. The predicted octanol–water partition coefficient (Wildman–Crippen LogP) is 3.14. The number of halogens is 2. The number of rotatable bonds is 6. The Morgan fingerprint density at radius 2 is 1.81 bits per heavy atom. The topological polar surface area (TPSA) is 111 Å². The second kappa shape index (κ2) is 9.56. The summed E-state index contributed by atoms with van der Waals surface area (Å²) in [5, 5.41) is 11.3. The van der Waals surface area contributed by atoms with Crippen LogP contribution in [-0.2, 0) is 9.59 Å². The largest absolute Gasteiger partial charge is 0.482 e. The normalized spacial score (nSPS) is 10.4. The summed E-state index contributed by atoms with van der Waals surface area (Å²) in [6.45, 7) is -0.367. The van der Waals surface area contributed by atoms with Gasteiger partial charge in [-0.2, -0.15) is 0 Å². The van der Waals surface area contributed by atoms with Crippen LogP contribution in [0.25, 0.3) is 6.08 Å². The highest BCUT2D eigenvalue weighted by molar-refractivity contribution is 6.35. The van der Waals surface area contributed by atoms with E-state index in [1.165, 1.54) is 48.6 Å². The van der Waals surface area contributed by atoms with Crippen molar-refractivity contribution in [1.82, 2.24) is 10.9 Å². The molecule has 0 spiro atoms. The number of benzene rings is 2. The standard InChI is InChI=1S/C17H13Cl2N3O5/c18-12-4-7-15(14(19)9-12)27-10-17(24)21-20-16(23)8-3-11-1-5-13(6-2-11)22(25)26/h1-9H,10H2,(H,20,23)(H,21,24)/b8-3+. The molecule has 140 valence electrons. The van der Waals surface area contributed by atoms with E-state index in [0.29, 0.717) is 10.6 Å². The molecule has 2 amide bonds. The van der Waals surface area contributed by atoms with Gasteiger partial charge >= 0.3 is 0 Å². The van der Waals surface area contributed by atoms with Crippen LogP contribution in [0.5, 0.6) is 5.75 Å². The van der Waals surface area contributed by atoms with Crippen LogP contribution >= 0.6 is 23.2 Å². The maximum absolute atomic E-state index is 11.7. The van der Waals surface area contributed by atoms with Gasteiger partial charge in [-0.1, -0.05) is 23.2 Å². The van der Waals surface area contributed by atoms with E-state index in [2.05, 4.69) is 10.9 Å². The second-order valence-corrected chi connectivity index (χ2v) is 5.93. The first-order chi connectivity index (χ1) is 12.8. The number of ether oxygens (including phenoxy) is 1. The van der Waals surface area contributed by atoms with Gasteiger partial charge in [-0.3, -0.25) is 30.6 Å². The maximum Gasteiger partial charge on any atom is 0.276 e. The molecule has 0 bridgehead atoms. The molecule has 0 saturated carbocycles. The van der Waals surface area contributed by atoms with E-state index in [4.69, 9.17) is 27.9 Å². The molecule has 0 heterocycles. The highest BCUT2D eigenvalue weighted by atomic mass is 35.5. The van der Waals surface area contributed by atoms with Gasteiger partial charge in [-0.05, 0) is 42.0 Å². The number of non-ortho nitro benzene ring substituents is 1. The average molecular weight is 410 g/mol. The second-order valence-electron chi connectivity index (χ2n) is 5.08. The maximum atomic E-state index is 11.7. The molecule has 0 aliphatic carbocycles. The van der Waals surface area contributed by atoms with Gasteiger partial charge in [0, 0.05) is 23.2 Å². The molecule has 0 saturated heterocycles. The van der Waals surface area contributed by atoms with E-state index >= 15 is 0 Å². The summed E-state index contributed by atoms with van der Waals surface area (Å²) in [6.07, 6.45) is 2.60. The summed E-state index contributed by atoms with van der Waals surface area (Å²) in [7, 11) is 0. The molecule has 2 rings (SSSR count). The summed E-state index contributed by atoms with van der Waals surface area (Å²) in [6, 6.07) is 10.2. The molecule has 10 heteroatoms. The van der Waals surface area contributed by atoms with Gasteiger partial charge in [-0.25, -0.2) is 0 Å². The lowest BCUT2D eigenvalue weighted by molar-refractivity contribution is -0.384. The summed E-state index contributed by atoms with van der Waals surface area (Å²) in [4.78, 5) is 33.4. The minimum Gasteiger partial charge on any atom is -0.482 e. The molecular weight excluding hydrogens is 397 g/mol. The van der Waals surface area contributed by atoms with Crippen molar-refractivity contribution in [1.29, 1.82) is 0 Å². The van der Waals surface area contributed by atoms with Gasteiger partial charge in [-0.15, -0.1) is 0 Å². The third-order valence-corrected chi connectivity index (χ3v) is 3.64. The SMILES string of the molecule is O=C(/C=C/c1ccc([N+](=O)[O-])cc1)NNC(=O)COc1ccc(Cl)cc1Cl. The number of nitro benzene ring substituents is 1. The van der Waals surface area contributed by atoms with Gasteiger partial charge in [0.1, 0.15) is 5.75 Å². The Kier molecular flexibility index (Phi) is 7.16. The number of nitrogens with zero attached hydrogens (tertiary/aromatic N) is 1. The van der Waals surface area contributed by atoms with Crippen molar-refractivity contribution in [2.45, 2.75) is 0 Å². The number of hydrazine groups is 1. The molecule has 0 aromatic heterocycles. The van der Waals surface area contributed by atoms with Crippen LogP contribution in [0.3, 0.4) is 0 Å². The third-order valence-electron chi connectivity index (χ3n) is 3.11. The number of nitro groups is 1. The number of amides is 2.